The number of imide groups is 1. The number of hydrogen-bond donors (Lipinski definition) is 1. The highest BCUT2D eigenvalue weighted by molar-refractivity contribution is 8.18. The summed E-state index contributed by atoms with van der Waals surface area (Å²) in [4.78, 5) is 39.3. The van der Waals surface area contributed by atoms with Crippen molar-refractivity contribution < 1.29 is 14.4 Å². The van der Waals surface area contributed by atoms with E-state index in [4.69, 9.17) is 11.6 Å². The zero-order valence-electron chi connectivity index (χ0n) is 13.4. The summed E-state index contributed by atoms with van der Waals surface area (Å²) in [6, 6.07) is 6.97. The largest absolute Gasteiger partial charge is 0.353 e. The third-order valence-electron chi connectivity index (χ3n) is 3.20. The number of nitrogens with one attached hydrogen (secondary N) is 1. The summed E-state index contributed by atoms with van der Waals surface area (Å²) in [5.41, 5.74) is 0.725. The monoisotopic (exact) mass is 367 g/mol. The molecule has 8 heteroatoms. The van der Waals surface area contributed by atoms with Gasteiger partial charge in [-0.3, -0.25) is 19.3 Å². The molecule has 1 saturated heterocycles. The Bertz CT molecular complexity index is 691. The fourth-order valence-corrected chi connectivity index (χ4v) is 3.04. The van der Waals surface area contributed by atoms with E-state index in [-0.39, 0.29) is 17.4 Å². The predicted molar refractivity (Wildman–Crippen MR) is 95.7 cm³/mol. The van der Waals surface area contributed by atoms with Gasteiger partial charge in [-0.15, -0.1) is 0 Å². The van der Waals surface area contributed by atoms with Crippen LogP contribution in [0, 0.1) is 0 Å². The summed E-state index contributed by atoms with van der Waals surface area (Å²) >= 11 is 6.73. The molecule has 0 unspecified atom stereocenters. The molecule has 0 aromatic heterocycles. The molecular formula is C16H18ClN3O3S. The van der Waals surface area contributed by atoms with Gasteiger partial charge >= 0.3 is 0 Å². The lowest BCUT2D eigenvalue weighted by molar-refractivity contribution is -0.129. The van der Waals surface area contributed by atoms with E-state index < -0.39 is 11.1 Å². The number of likely N-dealkylation sites (N-methyl/N-ethyl adjacent to an activating group) is 1. The second kappa shape index (κ2) is 8.32. The fraction of sp³-hybridized carbons (Fsp3) is 0.312. The fourth-order valence-electron chi connectivity index (χ4n) is 2.00. The molecule has 0 radical (unpaired) electrons. The molecule has 0 aliphatic carbocycles. The molecule has 0 saturated carbocycles. The minimum atomic E-state index is -0.465. The van der Waals surface area contributed by atoms with Gasteiger partial charge in [0.2, 0.25) is 5.91 Å². The van der Waals surface area contributed by atoms with Crippen molar-refractivity contribution in [2.75, 3.05) is 33.7 Å². The number of benzene rings is 1. The zero-order chi connectivity index (χ0) is 17.7. The van der Waals surface area contributed by atoms with Gasteiger partial charge in [0.25, 0.3) is 11.1 Å². The molecule has 0 spiro atoms. The first-order valence-corrected chi connectivity index (χ1v) is 8.48. The molecule has 3 amide bonds. The number of nitrogens with zero attached hydrogens (tertiary/aromatic N) is 2. The number of rotatable bonds is 6. The van der Waals surface area contributed by atoms with Crippen molar-refractivity contribution in [2.24, 2.45) is 0 Å². The zero-order valence-corrected chi connectivity index (χ0v) is 15.0. The SMILES string of the molecule is CN(C)CCNC(=O)CN1C(=O)S/C(=C\c2cccc(Cl)c2)C1=O. The standard InChI is InChI=1S/C16H18ClN3O3S/c1-19(2)7-6-18-14(21)10-20-15(22)13(24-16(20)23)9-11-4-3-5-12(17)8-11/h3-5,8-9H,6-7,10H2,1-2H3,(H,18,21)/b13-9-. The summed E-state index contributed by atoms with van der Waals surface area (Å²) in [7, 11) is 3.78. The number of amides is 3. The van der Waals surface area contributed by atoms with E-state index in [1.54, 1.807) is 30.3 Å². The molecule has 0 bridgehead atoms. The van der Waals surface area contributed by atoms with Crippen molar-refractivity contribution in [3.05, 3.63) is 39.8 Å². The van der Waals surface area contributed by atoms with Crippen molar-refractivity contribution >= 4 is 46.5 Å². The van der Waals surface area contributed by atoms with E-state index >= 15 is 0 Å². The molecule has 1 aliphatic rings. The van der Waals surface area contributed by atoms with Gasteiger partial charge in [0.1, 0.15) is 6.54 Å². The molecule has 1 fully saturated rings. The predicted octanol–water partition coefficient (Wildman–Crippen LogP) is 2.05. The van der Waals surface area contributed by atoms with Crippen molar-refractivity contribution in [3.63, 3.8) is 0 Å². The van der Waals surface area contributed by atoms with Gasteiger partial charge in [0, 0.05) is 18.1 Å². The van der Waals surface area contributed by atoms with E-state index in [1.807, 2.05) is 19.0 Å². The molecular weight excluding hydrogens is 350 g/mol. The Morgan fingerprint density at radius 1 is 1.38 bits per heavy atom. The first-order chi connectivity index (χ1) is 11.4. The summed E-state index contributed by atoms with van der Waals surface area (Å²) in [5, 5.41) is 2.78. The molecule has 1 heterocycles. The van der Waals surface area contributed by atoms with Crippen LogP contribution in [-0.4, -0.2) is 60.6 Å². The van der Waals surface area contributed by atoms with Gasteiger partial charge in [0.15, 0.2) is 0 Å². The average Bonchev–Trinajstić information content (AvgIpc) is 2.74. The minimum absolute atomic E-state index is 0.273. The maximum atomic E-state index is 12.3. The lowest BCUT2D eigenvalue weighted by Crippen LogP contribution is -2.41. The van der Waals surface area contributed by atoms with Crippen LogP contribution in [0.3, 0.4) is 0 Å². The first kappa shape index (κ1) is 18.5. The van der Waals surface area contributed by atoms with E-state index in [1.165, 1.54) is 0 Å². The van der Waals surface area contributed by atoms with Gasteiger partial charge in [0.05, 0.1) is 4.91 Å². The number of halogens is 1. The van der Waals surface area contributed by atoms with Crippen LogP contribution in [0.25, 0.3) is 6.08 Å². The summed E-state index contributed by atoms with van der Waals surface area (Å²) in [5.74, 6) is -0.823. The van der Waals surface area contributed by atoms with Crippen molar-refractivity contribution in [3.8, 4) is 0 Å². The van der Waals surface area contributed by atoms with Gasteiger partial charge in [-0.2, -0.15) is 0 Å². The van der Waals surface area contributed by atoms with Crippen molar-refractivity contribution in [2.45, 2.75) is 0 Å². The van der Waals surface area contributed by atoms with Gasteiger partial charge in [-0.05, 0) is 49.6 Å². The van der Waals surface area contributed by atoms with E-state index in [0.717, 1.165) is 22.2 Å². The molecule has 24 heavy (non-hydrogen) atoms. The van der Waals surface area contributed by atoms with Crippen LogP contribution in [-0.2, 0) is 9.59 Å². The topological polar surface area (TPSA) is 69.7 Å². The Kier molecular flexibility index (Phi) is 6.42. The van der Waals surface area contributed by atoms with Crippen LogP contribution in [0.1, 0.15) is 5.56 Å². The summed E-state index contributed by atoms with van der Waals surface area (Å²) in [6.07, 6.45) is 1.60. The van der Waals surface area contributed by atoms with E-state index in [2.05, 4.69) is 5.32 Å². The van der Waals surface area contributed by atoms with Crippen LogP contribution in [0.15, 0.2) is 29.2 Å². The van der Waals surface area contributed by atoms with Gasteiger partial charge in [-0.25, -0.2) is 0 Å². The highest BCUT2D eigenvalue weighted by atomic mass is 35.5. The van der Waals surface area contributed by atoms with Crippen LogP contribution in [0.2, 0.25) is 5.02 Å². The van der Waals surface area contributed by atoms with Crippen LogP contribution >= 0.6 is 23.4 Å². The second-order valence-corrected chi connectivity index (χ2v) is 6.91. The molecule has 0 atom stereocenters. The summed E-state index contributed by atoms with van der Waals surface area (Å²) in [6.45, 7) is 0.869. The Morgan fingerprint density at radius 2 is 2.12 bits per heavy atom. The molecule has 6 nitrogen and oxygen atoms in total. The maximum Gasteiger partial charge on any atom is 0.294 e. The molecule has 1 aromatic carbocycles. The van der Waals surface area contributed by atoms with Crippen LogP contribution in [0.5, 0.6) is 0 Å². The second-order valence-electron chi connectivity index (χ2n) is 5.48. The van der Waals surface area contributed by atoms with Crippen molar-refractivity contribution in [1.29, 1.82) is 0 Å². The minimum Gasteiger partial charge on any atom is -0.353 e. The Balaban J connectivity index is 2.00. The van der Waals surface area contributed by atoms with Crippen molar-refractivity contribution in [1.82, 2.24) is 15.1 Å². The number of thioether (sulfide) groups is 1. The molecule has 1 aromatic rings. The first-order valence-electron chi connectivity index (χ1n) is 7.29. The summed E-state index contributed by atoms with van der Waals surface area (Å²) < 4.78 is 0. The molecule has 1 N–H and O–H groups in total. The molecule has 1 aliphatic heterocycles. The highest BCUT2D eigenvalue weighted by Crippen LogP contribution is 2.32. The van der Waals surface area contributed by atoms with Gasteiger partial charge < -0.3 is 10.2 Å². The Hall–Kier alpha value is -1.83. The highest BCUT2D eigenvalue weighted by Gasteiger charge is 2.36. The normalized spacial score (nSPS) is 16.3. The van der Waals surface area contributed by atoms with Crippen LogP contribution < -0.4 is 5.32 Å². The Labute approximate surface area is 149 Å². The number of carbonyl (C=O) groups is 3. The molecule has 128 valence electrons. The Morgan fingerprint density at radius 3 is 2.79 bits per heavy atom. The van der Waals surface area contributed by atoms with E-state index in [0.29, 0.717) is 18.1 Å². The average molecular weight is 368 g/mol. The maximum absolute atomic E-state index is 12.3. The van der Waals surface area contributed by atoms with Gasteiger partial charge in [-0.1, -0.05) is 23.7 Å². The molecule has 2 rings (SSSR count). The smallest absolute Gasteiger partial charge is 0.294 e. The van der Waals surface area contributed by atoms with Crippen LogP contribution in [0.4, 0.5) is 4.79 Å². The lowest BCUT2D eigenvalue weighted by atomic mass is 10.2. The quantitative estimate of drug-likeness (QED) is 0.779. The van der Waals surface area contributed by atoms with E-state index in [9.17, 15) is 14.4 Å². The number of hydrogen-bond acceptors (Lipinski definition) is 5. The third kappa shape index (κ3) is 5.09. The third-order valence-corrected chi connectivity index (χ3v) is 4.35. The number of carbonyl (C=O) groups excluding carboxylic acids is 3. The lowest BCUT2D eigenvalue weighted by Gasteiger charge is -2.14.